The quantitative estimate of drug-likeness (QED) is 0.721. The van der Waals surface area contributed by atoms with Gasteiger partial charge in [0, 0.05) is 5.69 Å². The Labute approximate surface area is 110 Å². The van der Waals surface area contributed by atoms with Crippen molar-refractivity contribution in [2.24, 2.45) is 0 Å². The molecule has 0 radical (unpaired) electrons. The van der Waals surface area contributed by atoms with Crippen molar-refractivity contribution in [3.8, 4) is 5.75 Å². The van der Waals surface area contributed by atoms with E-state index < -0.39 is 9.84 Å². The summed E-state index contributed by atoms with van der Waals surface area (Å²) in [6.07, 6.45) is 0. The highest BCUT2D eigenvalue weighted by molar-refractivity contribution is 7.91. The van der Waals surface area contributed by atoms with Crippen molar-refractivity contribution in [3.05, 3.63) is 24.3 Å². The topological polar surface area (TPSA) is 69.6 Å². The minimum absolute atomic E-state index is 0.117. The first kappa shape index (κ1) is 11.7. The van der Waals surface area contributed by atoms with Crippen molar-refractivity contribution in [1.82, 2.24) is 5.32 Å². The molecule has 0 spiro atoms. The fourth-order valence-electron chi connectivity index (χ4n) is 2.52. The molecule has 0 aromatic heterocycles. The number of nitrogens with zero attached hydrogens (tertiary/aromatic N) is 1. The SMILES string of the molecule is O=S1(=O)C[C@@H]2NC(=S)N(c3ccc(O)cc3)[C@H]2C1. The van der Waals surface area contributed by atoms with E-state index in [4.69, 9.17) is 12.2 Å². The van der Waals surface area contributed by atoms with Crippen LogP contribution in [0.2, 0.25) is 0 Å². The number of phenolic OH excluding ortho intramolecular Hbond substituents is 1. The molecule has 0 unspecified atom stereocenters. The lowest BCUT2D eigenvalue weighted by molar-refractivity contribution is 0.475. The van der Waals surface area contributed by atoms with Crippen molar-refractivity contribution in [2.75, 3.05) is 16.4 Å². The van der Waals surface area contributed by atoms with Gasteiger partial charge in [-0.05, 0) is 36.5 Å². The lowest BCUT2D eigenvalue weighted by Gasteiger charge is -2.23. The van der Waals surface area contributed by atoms with Crippen molar-refractivity contribution < 1.29 is 13.5 Å². The van der Waals surface area contributed by atoms with Gasteiger partial charge >= 0.3 is 0 Å². The molecule has 1 aromatic rings. The Balaban J connectivity index is 1.96. The van der Waals surface area contributed by atoms with Crippen LogP contribution in [0.15, 0.2) is 24.3 Å². The molecular formula is C11H12N2O3S2. The highest BCUT2D eigenvalue weighted by Gasteiger charge is 2.47. The number of thiocarbonyl (C=S) groups is 1. The summed E-state index contributed by atoms with van der Waals surface area (Å²) < 4.78 is 23.3. The van der Waals surface area contributed by atoms with Crippen LogP contribution in [-0.4, -0.2) is 42.2 Å². The molecule has 18 heavy (non-hydrogen) atoms. The molecular weight excluding hydrogens is 272 g/mol. The lowest BCUT2D eigenvalue weighted by atomic mass is 10.1. The lowest BCUT2D eigenvalue weighted by Crippen LogP contribution is -2.36. The van der Waals surface area contributed by atoms with Gasteiger partial charge in [0.1, 0.15) is 5.75 Å². The zero-order chi connectivity index (χ0) is 12.9. The normalized spacial score (nSPS) is 29.1. The summed E-state index contributed by atoms with van der Waals surface area (Å²) in [5, 5.41) is 12.9. The second-order valence-electron chi connectivity index (χ2n) is 4.59. The van der Waals surface area contributed by atoms with E-state index in [9.17, 15) is 13.5 Å². The molecule has 3 rings (SSSR count). The van der Waals surface area contributed by atoms with E-state index in [0.717, 1.165) is 5.69 Å². The van der Waals surface area contributed by atoms with Crippen LogP contribution in [0, 0.1) is 0 Å². The second-order valence-corrected chi connectivity index (χ2v) is 7.13. The fraction of sp³-hybridized carbons (Fsp3) is 0.364. The largest absolute Gasteiger partial charge is 0.508 e. The zero-order valence-corrected chi connectivity index (χ0v) is 11.0. The zero-order valence-electron chi connectivity index (χ0n) is 9.41. The van der Waals surface area contributed by atoms with Gasteiger partial charge in [-0.15, -0.1) is 0 Å². The van der Waals surface area contributed by atoms with Gasteiger partial charge in [0.2, 0.25) is 0 Å². The standard InChI is InChI=1S/C11H12N2O3S2/c14-8-3-1-7(2-4-8)13-10-6-18(15,16)5-9(10)12-11(13)17/h1-4,9-10,14H,5-6H2,(H,12,17)/t9-,10-/m0/s1. The molecule has 0 bridgehead atoms. The summed E-state index contributed by atoms with van der Waals surface area (Å²) in [4.78, 5) is 1.82. The molecule has 0 aliphatic carbocycles. The molecule has 5 nitrogen and oxygen atoms in total. The molecule has 2 saturated heterocycles. The predicted octanol–water partition coefficient (Wildman–Crippen LogP) is 0.252. The third-order valence-electron chi connectivity index (χ3n) is 3.31. The summed E-state index contributed by atoms with van der Waals surface area (Å²) in [6, 6.07) is 6.32. The number of sulfone groups is 1. The van der Waals surface area contributed by atoms with E-state index in [-0.39, 0.29) is 29.3 Å². The third-order valence-corrected chi connectivity index (χ3v) is 5.34. The summed E-state index contributed by atoms with van der Waals surface area (Å²) in [5.41, 5.74) is 0.801. The molecule has 96 valence electrons. The third kappa shape index (κ3) is 1.83. The second kappa shape index (κ2) is 3.83. The Bertz CT molecular complexity index is 597. The van der Waals surface area contributed by atoms with E-state index in [1.807, 2.05) is 4.90 Å². The van der Waals surface area contributed by atoms with Gasteiger partial charge in [0.05, 0.1) is 23.6 Å². The van der Waals surface area contributed by atoms with Crippen molar-refractivity contribution >= 4 is 32.9 Å². The number of fused-ring (bicyclic) bond motifs is 1. The molecule has 2 fully saturated rings. The van der Waals surface area contributed by atoms with E-state index in [1.54, 1.807) is 24.3 Å². The molecule has 2 heterocycles. The Kier molecular flexibility index (Phi) is 2.49. The number of aromatic hydroxyl groups is 1. The van der Waals surface area contributed by atoms with Crippen LogP contribution < -0.4 is 10.2 Å². The van der Waals surface area contributed by atoms with Crippen LogP contribution in [0.4, 0.5) is 5.69 Å². The smallest absolute Gasteiger partial charge is 0.174 e. The number of phenols is 1. The number of hydrogen-bond acceptors (Lipinski definition) is 4. The van der Waals surface area contributed by atoms with Gasteiger partial charge in [-0.2, -0.15) is 0 Å². The van der Waals surface area contributed by atoms with Crippen LogP contribution in [0.5, 0.6) is 5.75 Å². The Morgan fingerprint density at radius 2 is 1.94 bits per heavy atom. The first-order valence-electron chi connectivity index (χ1n) is 5.55. The average molecular weight is 284 g/mol. The van der Waals surface area contributed by atoms with E-state index in [0.29, 0.717) is 5.11 Å². The Morgan fingerprint density at radius 1 is 1.28 bits per heavy atom. The van der Waals surface area contributed by atoms with Crippen LogP contribution in [-0.2, 0) is 9.84 Å². The van der Waals surface area contributed by atoms with E-state index >= 15 is 0 Å². The maximum Gasteiger partial charge on any atom is 0.174 e. The molecule has 0 saturated carbocycles. The first-order chi connectivity index (χ1) is 8.46. The number of rotatable bonds is 1. The van der Waals surface area contributed by atoms with E-state index in [1.165, 1.54) is 0 Å². The van der Waals surface area contributed by atoms with Crippen LogP contribution >= 0.6 is 12.2 Å². The van der Waals surface area contributed by atoms with Crippen molar-refractivity contribution in [1.29, 1.82) is 0 Å². The van der Waals surface area contributed by atoms with Crippen molar-refractivity contribution in [2.45, 2.75) is 12.1 Å². The van der Waals surface area contributed by atoms with Crippen LogP contribution in [0.25, 0.3) is 0 Å². The van der Waals surface area contributed by atoms with Gasteiger partial charge in [0.15, 0.2) is 14.9 Å². The molecule has 2 aliphatic rings. The average Bonchev–Trinajstić information content (AvgIpc) is 2.70. The minimum atomic E-state index is -2.99. The molecule has 2 atom stereocenters. The van der Waals surface area contributed by atoms with Crippen LogP contribution in [0.1, 0.15) is 0 Å². The number of nitrogens with one attached hydrogen (secondary N) is 1. The van der Waals surface area contributed by atoms with Gasteiger partial charge < -0.3 is 15.3 Å². The molecule has 0 amide bonds. The molecule has 2 aliphatic heterocycles. The summed E-state index contributed by atoms with van der Waals surface area (Å²) in [6.45, 7) is 0. The fourth-order valence-corrected chi connectivity index (χ4v) is 4.80. The summed E-state index contributed by atoms with van der Waals surface area (Å²) in [5.74, 6) is 0.422. The van der Waals surface area contributed by atoms with Gasteiger partial charge in [-0.3, -0.25) is 0 Å². The highest BCUT2D eigenvalue weighted by atomic mass is 32.2. The number of hydrogen-bond donors (Lipinski definition) is 2. The highest BCUT2D eigenvalue weighted by Crippen LogP contribution is 2.30. The van der Waals surface area contributed by atoms with Gasteiger partial charge in [-0.25, -0.2) is 8.42 Å². The van der Waals surface area contributed by atoms with Crippen LogP contribution in [0.3, 0.4) is 0 Å². The maximum absolute atomic E-state index is 11.6. The monoisotopic (exact) mass is 284 g/mol. The number of anilines is 1. The number of benzene rings is 1. The van der Waals surface area contributed by atoms with Gasteiger partial charge in [0.25, 0.3) is 0 Å². The first-order valence-corrected chi connectivity index (χ1v) is 7.78. The maximum atomic E-state index is 11.6. The molecule has 7 heteroatoms. The Morgan fingerprint density at radius 3 is 2.61 bits per heavy atom. The van der Waals surface area contributed by atoms with E-state index in [2.05, 4.69) is 5.32 Å². The van der Waals surface area contributed by atoms with Gasteiger partial charge in [-0.1, -0.05) is 0 Å². The molecule has 1 aromatic carbocycles. The minimum Gasteiger partial charge on any atom is -0.508 e. The molecule has 2 N–H and O–H groups in total. The summed E-state index contributed by atoms with van der Waals surface area (Å²) >= 11 is 5.24. The van der Waals surface area contributed by atoms with Crippen molar-refractivity contribution in [3.63, 3.8) is 0 Å². The summed E-state index contributed by atoms with van der Waals surface area (Å²) in [7, 11) is -2.99. The predicted molar refractivity (Wildman–Crippen MR) is 72.5 cm³/mol. The Hall–Kier alpha value is -1.34.